The highest BCUT2D eigenvalue weighted by Crippen LogP contribution is 2.46. The molecule has 0 spiro atoms. The van der Waals surface area contributed by atoms with Crippen LogP contribution in [0.1, 0.15) is 18.4 Å². The molecule has 1 amide bonds. The number of carbonyl (C=O) groups excluding carboxylic acids is 1. The van der Waals surface area contributed by atoms with Gasteiger partial charge >= 0.3 is 5.97 Å². The second-order valence-corrected chi connectivity index (χ2v) is 4.03. The molecule has 1 aliphatic rings. The molecule has 1 aromatic heterocycles. The fourth-order valence-corrected chi connectivity index (χ4v) is 1.52. The van der Waals surface area contributed by atoms with E-state index in [4.69, 9.17) is 5.11 Å². The van der Waals surface area contributed by atoms with Crippen molar-refractivity contribution < 1.29 is 14.7 Å². The van der Waals surface area contributed by atoms with Gasteiger partial charge in [0.25, 0.3) is 0 Å². The number of aromatic nitrogens is 1. The van der Waals surface area contributed by atoms with Crippen LogP contribution < -0.4 is 5.32 Å². The summed E-state index contributed by atoms with van der Waals surface area (Å²) in [4.78, 5) is 26.6. The molecule has 1 aliphatic carbocycles. The predicted molar refractivity (Wildman–Crippen MR) is 56.9 cm³/mol. The van der Waals surface area contributed by atoms with Crippen LogP contribution in [0.5, 0.6) is 0 Å². The Bertz CT molecular complexity index is 452. The van der Waals surface area contributed by atoms with Crippen LogP contribution in [0.2, 0.25) is 0 Å². The van der Waals surface area contributed by atoms with Gasteiger partial charge in [-0.15, -0.1) is 0 Å². The first kappa shape index (κ1) is 10.6. The SMILES string of the molecule is Cc1cnccc1NC(=O)C1(C(=O)O)CC1. The van der Waals surface area contributed by atoms with Crippen molar-refractivity contribution >= 4 is 17.6 Å². The summed E-state index contributed by atoms with van der Waals surface area (Å²) in [6.45, 7) is 1.81. The third-order valence-corrected chi connectivity index (χ3v) is 2.86. The highest BCUT2D eigenvalue weighted by atomic mass is 16.4. The van der Waals surface area contributed by atoms with E-state index in [-0.39, 0.29) is 0 Å². The molecule has 0 radical (unpaired) electrons. The average molecular weight is 220 g/mol. The van der Waals surface area contributed by atoms with Crippen molar-refractivity contribution in [3.63, 3.8) is 0 Å². The first-order chi connectivity index (χ1) is 7.56. The normalized spacial score (nSPS) is 16.6. The van der Waals surface area contributed by atoms with E-state index in [9.17, 15) is 9.59 Å². The molecule has 0 aromatic carbocycles. The lowest BCUT2D eigenvalue weighted by molar-refractivity contribution is -0.147. The summed E-state index contributed by atoms with van der Waals surface area (Å²) >= 11 is 0. The molecule has 5 nitrogen and oxygen atoms in total. The summed E-state index contributed by atoms with van der Waals surface area (Å²) in [6.07, 6.45) is 4.01. The van der Waals surface area contributed by atoms with Crippen molar-refractivity contribution in [2.75, 3.05) is 5.32 Å². The number of carboxylic acid groups (broad SMARTS) is 1. The Morgan fingerprint density at radius 2 is 2.19 bits per heavy atom. The van der Waals surface area contributed by atoms with E-state index in [1.807, 2.05) is 6.92 Å². The van der Waals surface area contributed by atoms with E-state index in [1.54, 1.807) is 18.5 Å². The predicted octanol–water partition coefficient (Wildman–Crippen LogP) is 1.19. The van der Waals surface area contributed by atoms with Crippen LogP contribution in [0.4, 0.5) is 5.69 Å². The molecule has 2 N–H and O–H groups in total. The summed E-state index contributed by atoms with van der Waals surface area (Å²) in [5, 5.41) is 11.6. The fraction of sp³-hybridized carbons (Fsp3) is 0.364. The van der Waals surface area contributed by atoms with E-state index in [0.29, 0.717) is 18.5 Å². The number of aryl methyl sites for hydroxylation is 1. The van der Waals surface area contributed by atoms with Gasteiger partial charge in [0, 0.05) is 18.1 Å². The maximum Gasteiger partial charge on any atom is 0.319 e. The van der Waals surface area contributed by atoms with Gasteiger partial charge in [-0.25, -0.2) is 0 Å². The molecule has 0 aliphatic heterocycles. The molecule has 1 heterocycles. The minimum atomic E-state index is -1.20. The minimum absolute atomic E-state index is 0.415. The zero-order valence-electron chi connectivity index (χ0n) is 8.86. The smallest absolute Gasteiger partial charge is 0.319 e. The van der Waals surface area contributed by atoms with Crippen LogP contribution in [0, 0.1) is 12.3 Å². The lowest BCUT2D eigenvalue weighted by Gasteiger charge is -2.11. The number of nitrogens with one attached hydrogen (secondary N) is 1. The molecular weight excluding hydrogens is 208 g/mol. The Balaban J connectivity index is 2.15. The Kier molecular flexibility index (Phi) is 2.38. The minimum Gasteiger partial charge on any atom is -0.480 e. The molecule has 5 heteroatoms. The van der Waals surface area contributed by atoms with Crippen molar-refractivity contribution in [3.05, 3.63) is 24.0 Å². The van der Waals surface area contributed by atoms with Crippen molar-refractivity contribution in [2.24, 2.45) is 5.41 Å². The molecule has 0 bridgehead atoms. The summed E-state index contributed by atoms with van der Waals surface area (Å²) in [6, 6.07) is 1.66. The number of hydrogen-bond donors (Lipinski definition) is 2. The molecule has 16 heavy (non-hydrogen) atoms. The Labute approximate surface area is 92.5 Å². The van der Waals surface area contributed by atoms with E-state index in [1.165, 1.54) is 0 Å². The first-order valence-corrected chi connectivity index (χ1v) is 5.02. The largest absolute Gasteiger partial charge is 0.480 e. The molecule has 2 rings (SSSR count). The maximum atomic E-state index is 11.8. The lowest BCUT2D eigenvalue weighted by Crippen LogP contribution is -2.31. The van der Waals surface area contributed by atoms with Gasteiger partial charge in [-0.3, -0.25) is 14.6 Å². The highest BCUT2D eigenvalue weighted by molar-refractivity contribution is 6.10. The van der Waals surface area contributed by atoms with Gasteiger partial charge < -0.3 is 10.4 Å². The molecule has 0 unspecified atom stereocenters. The monoisotopic (exact) mass is 220 g/mol. The Hall–Kier alpha value is -1.91. The van der Waals surface area contributed by atoms with Gasteiger partial charge in [0.05, 0.1) is 0 Å². The Morgan fingerprint density at radius 1 is 1.50 bits per heavy atom. The first-order valence-electron chi connectivity index (χ1n) is 5.02. The zero-order chi connectivity index (χ0) is 11.8. The third kappa shape index (κ3) is 1.64. The molecule has 1 saturated carbocycles. The van der Waals surface area contributed by atoms with E-state index < -0.39 is 17.3 Å². The van der Waals surface area contributed by atoms with E-state index in [0.717, 1.165) is 5.56 Å². The number of carboxylic acids is 1. The van der Waals surface area contributed by atoms with Gasteiger partial charge in [0.1, 0.15) is 5.41 Å². The highest BCUT2D eigenvalue weighted by Gasteiger charge is 2.57. The number of pyridine rings is 1. The third-order valence-electron chi connectivity index (χ3n) is 2.86. The van der Waals surface area contributed by atoms with Crippen LogP contribution in [0.15, 0.2) is 18.5 Å². The summed E-state index contributed by atoms with van der Waals surface area (Å²) < 4.78 is 0. The van der Waals surface area contributed by atoms with Crippen molar-refractivity contribution in [1.29, 1.82) is 0 Å². The number of carbonyl (C=O) groups is 2. The van der Waals surface area contributed by atoms with Gasteiger partial charge in [-0.2, -0.15) is 0 Å². The topological polar surface area (TPSA) is 79.3 Å². The number of nitrogens with zero attached hydrogens (tertiary/aromatic N) is 1. The standard InChI is InChI=1S/C11H12N2O3/c1-7-6-12-5-2-8(7)13-9(14)11(3-4-11)10(15)16/h2,5-6H,3-4H2,1H3,(H,15,16)(H,12,13,14). The van der Waals surface area contributed by atoms with Crippen LogP contribution in [-0.4, -0.2) is 22.0 Å². The molecule has 0 saturated heterocycles. The number of amides is 1. The second-order valence-electron chi connectivity index (χ2n) is 4.03. The van der Waals surface area contributed by atoms with Crippen molar-refractivity contribution in [3.8, 4) is 0 Å². The van der Waals surface area contributed by atoms with Crippen molar-refractivity contribution in [1.82, 2.24) is 4.98 Å². The van der Waals surface area contributed by atoms with Gasteiger partial charge in [-0.1, -0.05) is 0 Å². The summed E-state index contributed by atoms with van der Waals surface area (Å²) in [5.74, 6) is -1.48. The van der Waals surface area contributed by atoms with Crippen LogP contribution in [-0.2, 0) is 9.59 Å². The quantitative estimate of drug-likeness (QED) is 0.750. The molecular formula is C11H12N2O3. The summed E-state index contributed by atoms with van der Waals surface area (Å²) in [5.41, 5.74) is 0.236. The fourth-order valence-electron chi connectivity index (χ4n) is 1.52. The van der Waals surface area contributed by atoms with Gasteiger partial charge in [0.2, 0.25) is 5.91 Å². The Morgan fingerprint density at radius 3 is 2.69 bits per heavy atom. The van der Waals surface area contributed by atoms with Crippen LogP contribution >= 0.6 is 0 Å². The molecule has 1 aromatic rings. The number of hydrogen-bond acceptors (Lipinski definition) is 3. The maximum absolute atomic E-state index is 11.8. The zero-order valence-corrected chi connectivity index (χ0v) is 8.86. The van der Waals surface area contributed by atoms with Crippen molar-refractivity contribution in [2.45, 2.75) is 19.8 Å². The number of anilines is 1. The second kappa shape index (κ2) is 3.59. The average Bonchev–Trinajstić information content (AvgIpc) is 3.02. The van der Waals surface area contributed by atoms with E-state index in [2.05, 4.69) is 10.3 Å². The molecule has 0 atom stereocenters. The lowest BCUT2D eigenvalue weighted by atomic mass is 10.1. The molecule has 1 fully saturated rings. The van der Waals surface area contributed by atoms with E-state index >= 15 is 0 Å². The molecule has 84 valence electrons. The van der Waals surface area contributed by atoms with Gasteiger partial charge in [0.15, 0.2) is 0 Å². The summed E-state index contributed by atoms with van der Waals surface area (Å²) in [7, 11) is 0. The van der Waals surface area contributed by atoms with Gasteiger partial charge in [-0.05, 0) is 31.4 Å². The number of aliphatic carboxylic acids is 1. The number of rotatable bonds is 3. The van der Waals surface area contributed by atoms with Crippen LogP contribution in [0.25, 0.3) is 0 Å². The van der Waals surface area contributed by atoms with Crippen LogP contribution in [0.3, 0.4) is 0 Å².